The number of carbonyl (C=O) groups is 1. The molecule has 0 spiro atoms. The zero-order valence-corrected chi connectivity index (χ0v) is 13.0. The van der Waals surface area contributed by atoms with E-state index < -0.39 is 0 Å². The number of hydrogen-bond acceptors (Lipinski definition) is 3. The summed E-state index contributed by atoms with van der Waals surface area (Å²) in [7, 11) is 0. The Kier molecular flexibility index (Phi) is 5.49. The van der Waals surface area contributed by atoms with Gasteiger partial charge in [-0.1, -0.05) is 17.7 Å². The maximum absolute atomic E-state index is 11.9. The highest BCUT2D eigenvalue weighted by Crippen LogP contribution is 2.25. The van der Waals surface area contributed by atoms with E-state index in [1.54, 1.807) is 11.8 Å². The fraction of sp³-hybridized carbons (Fsp3) is 0.562. The van der Waals surface area contributed by atoms with Crippen molar-refractivity contribution in [3.05, 3.63) is 29.3 Å². The van der Waals surface area contributed by atoms with Crippen LogP contribution in [0, 0.1) is 19.8 Å². The van der Waals surface area contributed by atoms with Crippen LogP contribution in [-0.2, 0) is 4.79 Å². The number of hydrogen-bond donors (Lipinski definition) is 2. The van der Waals surface area contributed by atoms with E-state index in [-0.39, 0.29) is 12.0 Å². The van der Waals surface area contributed by atoms with E-state index in [0.717, 1.165) is 19.3 Å². The lowest BCUT2D eigenvalue weighted by molar-refractivity contribution is -0.118. The lowest BCUT2D eigenvalue weighted by Gasteiger charge is -2.11. The van der Waals surface area contributed by atoms with Gasteiger partial charge in [0, 0.05) is 11.4 Å². The van der Waals surface area contributed by atoms with Gasteiger partial charge in [-0.05, 0) is 50.7 Å². The molecule has 1 fully saturated rings. The van der Waals surface area contributed by atoms with Crippen LogP contribution in [-0.4, -0.2) is 29.4 Å². The molecule has 0 aliphatic heterocycles. The van der Waals surface area contributed by atoms with Crippen molar-refractivity contribution in [2.24, 2.45) is 5.92 Å². The van der Waals surface area contributed by atoms with Gasteiger partial charge in [-0.2, -0.15) is 0 Å². The number of rotatable bonds is 5. The molecule has 110 valence electrons. The van der Waals surface area contributed by atoms with E-state index in [2.05, 4.69) is 37.4 Å². The molecule has 20 heavy (non-hydrogen) atoms. The number of aryl methyl sites for hydroxylation is 2. The second-order valence-corrected chi connectivity index (χ2v) is 6.71. The first-order valence-corrected chi connectivity index (χ1v) is 8.18. The van der Waals surface area contributed by atoms with Crippen LogP contribution in [0.4, 0.5) is 0 Å². The normalized spacial score (nSPS) is 21.9. The monoisotopic (exact) mass is 293 g/mol. The number of carbonyl (C=O) groups excluding carboxylic acids is 1. The van der Waals surface area contributed by atoms with Crippen LogP contribution in [0.2, 0.25) is 0 Å². The Labute approximate surface area is 125 Å². The van der Waals surface area contributed by atoms with Crippen molar-refractivity contribution in [3.63, 3.8) is 0 Å². The van der Waals surface area contributed by atoms with Crippen molar-refractivity contribution in [3.8, 4) is 0 Å². The third-order valence-corrected chi connectivity index (χ3v) is 4.96. The Morgan fingerprint density at radius 2 is 2.20 bits per heavy atom. The summed E-state index contributed by atoms with van der Waals surface area (Å²) >= 11 is 1.59. The molecule has 0 radical (unpaired) electrons. The molecule has 2 atom stereocenters. The minimum absolute atomic E-state index is 0.0808. The minimum atomic E-state index is -0.166. The highest BCUT2D eigenvalue weighted by molar-refractivity contribution is 8.00. The Morgan fingerprint density at radius 1 is 1.40 bits per heavy atom. The maximum atomic E-state index is 11.9. The summed E-state index contributed by atoms with van der Waals surface area (Å²) < 4.78 is 0. The third kappa shape index (κ3) is 4.53. The van der Waals surface area contributed by atoms with Gasteiger partial charge < -0.3 is 10.4 Å². The fourth-order valence-corrected chi connectivity index (χ4v) is 3.50. The van der Waals surface area contributed by atoms with Gasteiger partial charge in [0.1, 0.15) is 0 Å². The second kappa shape index (κ2) is 7.14. The van der Waals surface area contributed by atoms with Gasteiger partial charge in [0.2, 0.25) is 5.91 Å². The number of benzene rings is 1. The fourth-order valence-electron chi connectivity index (χ4n) is 2.55. The smallest absolute Gasteiger partial charge is 0.230 e. The highest BCUT2D eigenvalue weighted by Gasteiger charge is 2.22. The van der Waals surface area contributed by atoms with Crippen LogP contribution < -0.4 is 5.32 Å². The van der Waals surface area contributed by atoms with Crippen LogP contribution in [0.5, 0.6) is 0 Å². The lowest BCUT2D eigenvalue weighted by atomic mass is 10.1. The van der Waals surface area contributed by atoms with E-state index in [4.69, 9.17) is 0 Å². The van der Waals surface area contributed by atoms with Gasteiger partial charge in [0.05, 0.1) is 11.9 Å². The van der Waals surface area contributed by atoms with Gasteiger partial charge in [0.25, 0.3) is 0 Å². The van der Waals surface area contributed by atoms with Crippen LogP contribution in [0.15, 0.2) is 23.1 Å². The average Bonchev–Trinajstić information content (AvgIpc) is 2.83. The molecule has 1 aromatic rings. The Balaban J connectivity index is 1.73. The first kappa shape index (κ1) is 15.4. The van der Waals surface area contributed by atoms with Crippen molar-refractivity contribution in [1.82, 2.24) is 5.32 Å². The standard InChI is InChI=1S/C16H23NO2S/c1-11-3-4-12(2)15(7-11)20-10-16(19)17-9-13-5-6-14(18)8-13/h3-4,7,13-14,18H,5-6,8-10H2,1-2H3,(H,17,19). The molecule has 1 saturated carbocycles. The van der Waals surface area contributed by atoms with Crippen LogP contribution in [0.25, 0.3) is 0 Å². The summed E-state index contributed by atoms with van der Waals surface area (Å²) in [5.74, 6) is 0.983. The zero-order valence-electron chi connectivity index (χ0n) is 12.2. The summed E-state index contributed by atoms with van der Waals surface area (Å²) in [6.07, 6.45) is 2.55. The van der Waals surface area contributed by atoms with Crippen LogP contribution >= 0.6 is 11.8 Å². The topological polar surface area (TPSA) is 49.3 Å². The Hall–Kier alpha value is -1.00. The number of amides is 1. The molecule has 2 unspecified atom stereocenters. The second-order valence-electron chi connectivity index (χ2n) is 5.69. The molecule has 0 saturated heterocycles. The summed E-state index contributed by atoms with van der Waals surface area (Å²) in [4.78, 5) is 13.0. The molecular formula is C16H23NO2S. The number of nitrogens with one attached hydrogen (secondary N) is 1. The molecule has 1 aliphatic carbocycles. The first-order valence-electron chi connectivity index (χ1n) is 7.19. The van der Waals surface area contributed by atoms with Crippen molar-refractivity contribution >= 4 is 17.7 Å². The van der Waals surface area contributed by atoms with Crippen molar-refractivity contribution in [1.29, 1.82) is 0 Å². The molecule has 0 bridgehead atoms. The van der Waals surface area contributed by atoms with Gasteiger partial charge in [-0.3, -0.25) is 4.79 Å². The van der Waals surface area contributed by atoms with Gasteiger partial charge in [0.15, 0.2) is 0 Å². The van der Waals surface area contributed by atoms with Crippen LogP contribution in [0.3, 0.4) is 0 Å². The first-order chi connectivity index (χ1) is 9.54. The zero-order chi connectivity index (χ0) is 14.5. The van der Waals surface area contributed by atoms with Gasteiger partial charge >= 0.3 is 0 Å². The molecular weight excluding hydrogens is 270 g/mol. The van der Waals surface area contributed by atoms with Crippen LogP contribution in [0.1, 0.15) is 30.4 Å². The summed E-state index contributed by atoms with van der Waals surface area (Å²) in [6.45, 7) is 4.83. The summed E-state index contributed by atoms with van der Waals surface area (Å²) in [6, 6.07) is 6.31. The average molecular weight is 293 g/mol. The van der Waals surface area contributed by atoms with E-state index in [0.29, 0.717) is 18.2 Å². The molecule has 2 rings (SSSR count). The summed E-state index contributed by atoms with van der Waals surface area (Å²) in [5, 5.41) is 12.4. The number of aliphatic hydroxyl groups excluding tert-OH is 1. The van der Waals surface area contributed by atoms with E-state index in [1.807, 2.05) is 0 Å². The molecule has 2 N–H and O–H groups in total. The molecule has 1 amide bonds. The van der Waals surface area contributed by atoms with Gasteiger partial charge in [-0.25, -0.2) is 0 Å². The number of thioether (sulfide) groups is 1. The lowest BCUT2D eigenvalue weighted by Crippen LogP contribution is -2.30. The largest absolute Gasteiger partial charge is 0.393 e. The molecule has 0 heterocycles. The molecule has 0 aromatic heterocycles. The maximum Gasteiger partial charge on any atom is 0.230 e. The van der Waals surface area contributed by atoms with Crippen molar-refractivity contribution in [2.45, 2.75) is 44.1 Å². The van der Waals surface area contributed by atoms with E-state index in [9.17, 15) is 9.90 Å². The quantitative estimate of drug-likeness (QED) is 0.821. The predicted molar refractivity (Wildman–Crippen MR) is 83.0 cm³/mol. The molecule has 1 aliphatic rings. The SMILES string of the molecule is Cc1ccc(C)c(SCC(=O)NCC2CCC(O)C2)c1. The van der Waals surface area contributed by atoms with Crippen molar-refractivity contribution in [2.75, 3.05) is 12.3 Å². The van der Waals surface area contributed by atoms with E-state index >= 15 is 0 Å². The minimum Gasteiger partial charge on any atom is -0.393 e. The third-order valence-electron chi connectivity index (χ3n) is 3.80. The molecule has 4 heteroatoms. The van der Waals surface area contributed by atoms with Gasteiger partial charge in [-0.15, -0.1) is 11.8 Å². The summed E-state index contributed by atoms with van der Waals surface area (Å²) in [5.41, 5.74) is 2.44. The highest BCUT2D eigenvalue weighted by atomic mass is 32.2. The number of aliphatic hydroxyl groups is 1. The molecule has 3 nitrogen and oxygen atoms in total. The Morgan fingerprint density at radius 3 is 2.90 bits per heavy atom. The van der Waals surface area contributed by atoms with Crippen molar-refractivity contribution < 1.29 is 9.90 Å². The van der Waals surface area contributed by atoms with E-state index in [1.165, 1.54) is 16.0 Å². The Bertz CT molecular complexity index is 476. The predicted octanol–water partition coefficient (Wildman–Crippen LogP) is 2.67. The molecule has 1 aromatic carbocycles.